The Morgan fingerprint density at radius 1 is 0.500 bits per heavy atom. The second-order valence-electron chi connectivity index (χ2n) is 20.1. The molecule has 12 atom stereocenters. The van der Waals surface area contributed by atoms with Gasteiger partial charge in [-0.1, -0.05) is 204 Å². The van der Waals surface area contributed by atoms with Crippen molar-refractivity contribution in [3.63, 3.8) is 0 Å². The average molecular weight is 998 g/mol. The van der Waals surface area contributed by atoms with E-state index >= 15 is 0 Å². The molecule has 70 heavy (non-hydrogen) atoms. The monoisotopic (exact) mass is 998 g/mol. The summed E-state index contributed by atoms with van der Waals surface area (Å²) in [5.41, 5.74) is 0. The summed E-state index contributed by atoms with van der Waals surface area (Å²) < 4.78 is 22.6. The first-order valence-electron chi connectivity index (χ1n) is 28.2. The third kappa shape index (κ3) is 28.6. The number of carbonyl (C=O) groups is 1. The molecule has 2 aliphatic heterocycles. The molecule has 2 aliphatic rings. The Hall–Kier alpha value is -1.79. The van der Waals surface area contributed by atoms with Crippen molar-refractivity contribution < 1.29 is 64.6 Å². The van der Waals surface area contributed by atoms with Crippen molar-refractivity contribution in [3.05, 3.63) is 36.5 Å². The maximum atomic E-state index is 13.0. The zero-order valence-electron chi connectivity index (χ0n) is 43.8. The number of unbranched alkanes of at least 4 members (excludes halogenated alkanes) is 27. The Bertz CT molecular complexity index is 1320. The van der Waals surface area contributed by atoms with Crippen molar-refractivity contribution in [2.24, 2.45) is 0 Å². The summed E-state index contributed by atoms with van der Waals surface area (Å²) in [5.74, 6) is -0.267. The van der Waals surface area contributed by atoms with Gasteiger partial charge < -0.3 is 65.1 Å². The van der Waals surface area contributed by atoms with Crippen LogP contribution in [-0.4, -0.2) is 140 Å². The smallest absolute Gasteiger partial charge is 0.220 e. The van der Waals surface area contributed by atoms with Gasteiger partial charge in [-0.2, -0.15) is 0 Å². The highest BCUT2D eigenvalue weighted by Gasteiger charge is 2.51. The van der Waals surface area contributed by atoms with Gasteiger partial charge in [-0.25, -0.2) is 0 Å². The van der Waals surface area contributed by atoms with Crippen LogP contribution in [0.15, 0.2) is 36.5 Å². The van der Waals surface area contributed by atoms with Crippen molar-refractivity contribution >= 4 is 5.91 Å². The van der Waals surface area contributed by atoms with Crippen LogP contribution in [0, 0.1) is 0 Å². The Balaban J connectivity index is 1.64. The van der Waals surface area contributed by atoms with E-state index in [9.17, 15) is 45.6 Å². The molecule has 0 aromatic carbocycles. The number of hydrogen-bond donors (Lipinski definition) is 9. The molecule has 0 aromatic heterocycles. The van der Waals surface area contributed by atoms with Gasteiger partial charge in [0.2, 0.25) is 5.91 Å². The molecule has 14 heteroatoms. The summed E-state index contributed by atoms with van der Waals surface area (Å²) in [6.45, 7) is 2.66. The number of hydrogen-bond acceptors (Lipinski definition) is 13. The van der Waals surface area contributed by atoms with Gasteiger partial charge in [0.25, 0.3) is 0 Å². The van der Waals surface area contributed by atoms with Gasteiger partial charge in [-0.3, -0.25) is 4.79 Å². The van der Waals surface area contributed by atoms with Crippen LogP contribution >= 0.6 is 0 Å². The second kappa shape index (κ2) is 42.6. The number of allylic oxidation sites excluding steroid dienone is 5. The van der Waals surface area contributed by atoms with Crippen molar-refractivity contribution in [2.75, 3.05) is 19.8 Å². The molecule has 0 saturated carbocycles. The van der Waals surface area contributed by atoms with Gasteiger partial charge in [0.1, 0.15) is 48.8 Å². The molecule has 0 radical (unpaired) electrons. The molecule has 2 saturated heterocycles. The zero-order chi connectivity index (χ0) is 51.0. The van der Waals surface area contributed by atoms with E-state index in [2.05, 4.69) is 43.5 Å². The second-order valence-corrected chi connectivity index (χ2v) is 20.1. The van der Waals surface area contributed by atoms with Gasteiger partial charge in [-0.15, -0.1) is 0 Å². The van der Waals surface area contributed by atoms with Crippen LogP contribution < -0.4 is 5.32 Å². The number of aliphatic hydroxyl groups is 8. The Morgan fingerprint density at radius 3 is 1.40 bits per heavy atom. The Labute approximate surface area is 423 Å². The third-order valence-corrected chi connectivity index (χ3v) is 13.8. The van der Waals surface area contributed by atoms with E-state index in [0.29, 0.717) is 12.8 Å². The fraction of sp³-hybridized carbons (Fsp3) is 0.875. The van der Waals surface area contributed by atoms with Crippen molar-refractivity contribution in [1.82, 2.24) is 5.32 Å². The molecule has 0 spiro atoms. The van der Waals surface area contributed by atoms with E-state index in [1.807, 2.05) is 6.08 Å². The predicted molar refractivity (Wildman–Crippen MR) is 277 cm³/mol. The van der Waals surface area contributed by atoms with E-state index in [1.54, 1.807) is 6.08 Å². The topological polar surface area (TPSA) is 228 Å². The van der Waals surface area contributed by atoms with Crippen LogP contribution in [0.5, 0.6) is 0 Å². The van der Waals surface area contributed by atoms with Crippen molar-refractivity contribution in [3.8, 4) is 0 Å². The fourth-order valence-electron chi connectivity index (χ4n) is 9.21. The zero-order valence-corrected chi connectivity index (χ0v) is 43.8. The number of carbonyl (C=O) groups excluding carboxylic acids is 1. The van der Waals surface area contributed by atoms with Crippen LogP contribution in [0.2, 0.25) is 0 Å². The first-order chi connectivity index (χ1) is 34.1. The molecule has 9 N–H and O–H groups in total. The SMILES string of the molecule is CCCCCCCCCCCCCCCCCCCCCCC/C=C/CC/C=C/CC/C=C/C(O)C(COC1OC(CO)C(OC2OC(CO)C(O)C(O)C2O)C(O)C1O)NC(=O)CCCCCCC. The lowest BCUT2D eigenvalue weighted by Gasteiger charge is -2.46. The Kier molecular flexibility index (Phi) is 39.1. The first kappa shape index (κ1) is 64.3. The van der Waals surface area contributed by atoms with Gasteiger partial charge in [0.05, 0.1) is 32.0 Å². The summed E-state index contributed by atoms with van der Waals surface area (Å²) in [6.07, 6.45) is 34.3. The highest BCUT2D eigenvalue weighted by Crippen LogP contribution is 2.30. The molecular weight excluding hydrogens is 895 g/mol. The summed E-state index contributed by atoms with van der Waals surface area (Å²) in [7, 11) is 0. The third-order valence-electron chi connectivity index (χ3n) is 13.8. The fourth-order valence-corrected chi connectivity index (χ4v) is 9.21. The lowest BCUT2D eigenvalue weighted by Crippen LogP contribution is -2.65. The summed E-state index contributed by atoms with van der Waals surface area (Å²) >= 11 is 0. The quantitative estimate of drug-likeness (QED) is 0.0206. The van der Waals surface area contributed by atoms with E-state index < -0.39 is 86.8 Å². The van der Waals surface area contributed by atoms with E-state index in [1.165, 1.54) is 135 Å². The minimum Gasteiger partial charge on any atom is -0.394 e. The van der Waals surface area contributed by atoms with E-state index in [0.717, 1.165) is 51.4 Å². The molecule has 0 bridgehead atoms. The minimum atomic E-state index is -1.79. The number of ether oxygens (including phenoxy) is 4. The van der Waals surface area contributed by atoms with Gasteiger partial charge >= 0.3 is 0 Å². The lowest BCUT2D eigenvalue weighted by molar-refractivity contribution is -0.359. The maximum absolute atomic E-state index is 13.0. The number of rotatable bonds is 44. The number of aliphatic hydroxyl groups excluding tert-OH is 8. The lowest BCUT2D eigenvalue weighted by atomic mass is 9.97. The van der Waals surface area contributed by atoms with Gasteiger partial charge in [0.15, 0.2) is 12.6 Å². The largest absolute Gasteiger partial charge is 0.394 e. The van der Waals surface area contributed by atoms with Crippen molar-refractivity contribution in [2.45, 2.75) is 293 Å². The van der Waals surface area contributed by atoms with Crippen LogP contribution in [0.25, 0.3) is 0 Å². The summed E-state index contributed by atoms with van der Waals surface area (Å²) in [5, 5.41) is 86.4. The van der Waals surface area contributed by atoms with Crippen LogP contribution in [0.1, 0.15) is 219 Å². The molecule has 12 unspecified atom stereocenters. The average Bonchev–Trinajstić information content (AvgIpc) is 3.36. The van der Waals surface area contributed by atoms with Gasteiger partial charge in [0, 0.05) is 6.42 Å². The summed E-state index contributed by atoms with van der Waals surface area (Å²) in [4.78, 5) is 13.0. The van der Waals surface area contributed by atoms with Crippen molar-refractivity contribution in [1.29, 1.82) is 0 Å². The van der Waals surface area contributed by atoms with Crippen LogP contribution in [-0.2, 0) is 23.7 Å². The molecule has 0 aliphatic carbocycles. The molecular formula is C56H103NO13. The normalized spacial score (nSPS) is 26.2. The minimum absolute atomic E-state index is 0.265. The van der Waals surface area contributed by atoms with Gasteiger partial charge in [-0.05, 0) is 44.9 Å². The molecule has 2 heterocycles. The Morgan fingerprint density at radius 2 is 0.914 bits per heavy atom. The standard InChI is InChI=1S/C56H103NO13/c1-3-5-7-9-10-11-12-13-14-15-16-17-18-19-20-21-22-23-24-25-26-27-28-29-30-31-32-33-34-36-37-39-45(60)44(57-48(61)40-38-35-8-6-4-2)43-67-55-53(66)51(64)54(47(42-59)69-55)70-56-52(65)50(63)49(62)46(41-58)68-56/h28-29,32-33,37,39,44-47,49-56,58-60,62-66H,3-27,30-31,34-36,38,40-43H2,1-2H3,(H,57,61)/b29-28+,33-32+,39-37+. The van der Waals surface area contributed by atoms with E-state index in [4.69, 9.17) is 18.9 Å². The predicted octanol–water partition coefficient (Wildman–Crippen LogP) is 8.66. The first-order valence-corrected chi connectivity index (χ1v) is 28.2. The number of amides is 1. The maximum Gasteiger partial charge on any atom is 0.220 e. The molecule has 2 rings (SSSR count). The number of nitrogens with one attached hydrogen (secondary N) is 1. The molecule has 1 amide bonds. The molecule has 0 aromatic rings. The molecule has 2 fully saturated rings. The highest BCUT2D eigenvalue weighted by atomic mass is 16.7. The molecule has 14 nitrogen and oxygen atoms in total. The summed E-state index contributed by atoms with van der Waals surface area (Å²) in [6, 6.07) is -0.932. The van der Waals surface area contributed by atoms with Crippen LogP contribution in [0.3, 0.4) is 0 Å². The van der Waals surface area contributed by atoms with Crippen LogP contribution in [0.4, 0.5) is 0 Å². The highest BCUT2D eigenvalue weighted by molar-refractivity contribution is 5.76. The molecule has 410 valence electrons. The van der Waals surface area contributed by atoms with E-state index in [-0.39, 0.29) is 18.9 Å².